The summed E-state index contributed by atoms with van der Waals surface area (Å²) in [5.41, 5.74) is 1.93. The maximum atomic E-state index is 10.5. The van der Waals surface area contributed by atoms with Gasteiger partial charge in [0, 0.05) is 13.0 Å². The van der Waals surface area contributed by atoms with E-state index in [4.69, 9.17) is 9.84 Å². The zero-order valence-electron chi connectivity index (χ0n) is 9.11. The number of ether oxygens (including phenoxy) is 1. The van der Waals surface area contributed by atoms with E-state index in [1.807, 2.05) is 0 Å². The van der Waals surface area contributed by atoms with Gasteiger partial charge >= 0.3 is 5.97 Å². The molecule has 2 N–H and O–H groups in total. The van der Waals surface area contributed by atoms with Crippen molar-refractivity contribution in [2.45, 2.75) is 38.2 Å². The van der Waals surface area contributed by atoms with Gasteiger partial charge in [-0.05, 0) is 31.2 Å². The Kier molecular flexibility index (Phi) is 3.56. The van der Waals surface area contributed by atoms with Crippen molar-refractivity contribution < 1.29 is 14.6 Å². The Labute approximate surface area is 93.8 Å². The van der Waals surface area contributed by atoms with Gasteiger partial charge in [0.15, 0.2) is 0 Å². The highest BCUT2D eigenvalue weighted by molar-refractivity contribution is 5.67. The van der Waals surface area contributed by atoms with E-state index in [9.17, 15) is 4.79 Å². The maximum Gasteiger partial charge on any atom is 0.303 e. The van der Waals surface area contributed by atoms with E-state index in [-0.39, 0.29) is 12.5 Å². The van der Waals surface area contributed by atoms with Crippen LogP contribution in [-0.2, 0) is 16.0 Å². The fraction of sp³-hybridized carbons (Fsp3) is 0.636. The van der Waals surface area contributed by atoms with Gasteiger partial charge in [-0.1, -0.05) is 0 Å². The van der Waals surface area contributed by atoms with Gasteiger partial charge in [0.05, 0.1) is 18.0 Å². The summed E-state index contributed by atoms with van der Waals surface area (Å²) in [7, 11) is 0. The third-order valence-electron chi connectivity index (χ3n) is 2.86. The van der Waals surface area contributed by atoms with Crippen molar-refractivity contribution in [3.63, 3.8) is 0 Å². The molecule has 1 aromatic heterocycles. The van der Waals surface area contributed by atoms with E-state index >= 15 is 0 Å². The summed E-state index contributed by atoms with van der Waals surface area (Å²) in [5.74, 6) is -0.781. The van der Waals surface area contributed by atoms with Crippen LogP contribution in [0.4, 0.5) is 0 Å². The number of nitrogens with zero attached hydrogens (tertiary/aromatic N) is 1. The smallest absolute Gasteiger partial charge is 0.303 e. The van der Waals surface area contributed by atoms with Gasteiger partial charge in [-0.25, -0.2) is 0 Å². The maximum absolute atomic E-state index is 10.5. The minimum Gasteiger partial charge on any atom is -0.481 e. The van der Waals surface area contributed by atoms with Crippen LogP contribution in [0.5, 0.6) is 0 Å². The number of aromatic amines is 1. The lowest BCUT2D eigenvalue weighted by Crippen LogP contribution is -2.13. The SMILES string of the molecule is O=C(O)CCc1cn[nH]c1C1CCCCO1. The molecule has 1 atom stereocenters. The average molecular weight is 224 g/mol. The molecule has 5 heteroatoms. The normalized spacial score (nSPS) is 20.9. The number of hydrogen-bond acceptors (Lipinski definition) is 3. The first-order valence-corrected chi connectivity index (χ1v) is 5.63. The van der Waals surface area contributed by atoms with Crippen LogP contribution in [0, 0.1) is 0 Å². The van der Waals surface area contributed by atoms with Crippen LogP contribution < -0.4 is 0 Å². The monoisotopic (exact) mass is 224 g/mol. The fourth-order valence-electron chi connectivity index (χ4n) is 2.01. The lowest BCUT2D eigenvalue weighted by Gasteiger charge is -2.22. The van der Waals surface area contributed by atoms with E-state index in [1.165, 1.54) is 0 Å². The second-order valence-electron chi connectivity index (χ2n) is 4.06. The van der Waals surface area contributed by atoms with Crippen molar-refractivity contribution >= 4 is 5.97 Å². The molecule has 1 aliphatic rings. The Bertz CT molecular complexity index is 356. The van der Waals surface area contributed by atoms with Crippen LogP contribution in [-0.4, -0.2) is 27.9 Å². The van der Waals surface area contributed by atoms with Crippen LogP contribution in [0.1, 0.15) is 43.0 Å². The van der Waals surface area contributed by atoms with E-state index in [2.05, 4.69) is 10.2 Å². The first kappa shape index (κ1) is 11.1. The number of aliphatic carboxylic acids is 1. The van der Waals surface area contributed by atoms with Crippen molar-refractivity contribution in [1.29, 1.82) is 0 Å². The molecule has 0 amide bonds. The van der Waals surface area contributed by atoms with Crippen molar-refractivity contribution in [2.24, 2.45) is 0 Å². The second kappa shape index (κ2) is 5.12. The van der Waals surface area contributed by atoms with Crippen molar-refractivity contribution in [1.82, 2.24) is 10.2 Å². The Morgan fingerprint density at radius 3 is 3.19 bits per heavy atom. The third kappa shape index (κ3) is 2.61. The number of H-pyrrole nitrogens is 1. The van der Waals surface area contributed by atoms with E-state index in [1.54, 1.807) is 6.20 Å². The molecule has 5 nitrogen and oxygen atoms in total. The molecule has 0 aliphatic carbocycles. The number of carbonyl (C=O) groups is 1. The number of nitrogens with one attached hydrogen (secondary N) is 1. The highest BCUT2D eigenvalue weighted by Crippen LogP contribution is 2.28. The first-order chi connectivity index (χ1) is 7.77. The minimum atomic E-state index is -0.781. The summed E-state index contributed by atoms with van der Waals surface area (Å²) >= 11 is 0. The third-order valence-corrected chi connectivity index (χ3v) is 2.86. The van der Waals surface area contributed by atoms with Crippen LogP contribution in [0.3, 0.4) is 0 Å². The summed E-state index contributed by atoms with van der Waals surface area (Å²) in [6.07, 6.45) is 5.68. The number of hydrogen-bond donors (Lipinski definition) is 2. The standard InChI is InChI=1S/C11H16N2O3/c14-10(15)5-4-8-7-12-13-11(8)9-3-1-2-6-16-9/h7,9H,1-6H2,(H,12,13)(H,14,15). The van der Waals surface area contributed by atoms with Crippen LogP contribution in [0.15, 0.2) is 6.20 Å². The molecule has 16 heavy (non-hydrogen) atoms. The molecule has 1 saturated heterocycles. The predicted octanol–water partition coefficient (Wildman–Crippen LogP) is 1.67. The van der Waals surface area contributed by atoms with Gasteiger partial charge < -0.3 is 9.84 Å². The zero-order chi connectivity index (χ0) is 11.4. The number of aromatic nitrogens is 2. The topological polar surface area (TPSA) is 75.2 Å². The highest BCUT2D eigenvalue weighted by atomic mass is 16.5. The van der Waals surface area contributed by atoms with Gasteiger partial charge in [-0.3, -0.25) is 9.89 Å². The molecular formula is C11H16N2O3. The molecule has 1 fully saturated rings. The molecule has 0 aromatic carbocycles. The molecular weight excluding hydrogens is 208 g/mol. The molecule has 0 spiro atoms. The van der Waals surface area contributed by atoms with Gasteiger partial charge in [-0.15, -0.1) is 0 Å². The lowest BCUT2D eigenvalue weighted by atomic mass is 10.0. The Morgan fingerprint density at radius 2 is 2.50 bits per heavy atom. The number of aryl methyl sites for hydroxylation is 1. The molecule has 0 saturated carbocycles. The van der Waals surface area contributed by atoms with Gasteiger partial charge in [0.2, 0.25) is 0 Å². The molecule has 1 aromatic rings. The van der Waals surface area contributed by atoms with E-state index < -0.39 is 5.97 Å². The average Bonchev–Trinajstić information content (AvgIpc) is 2.75. The Balaban J connectivity index is 2.02. The summed E-state index contributed by atoms with van der Waals surface area (Å²) in [6, 6.07) is 0. The van der Waals surface area contributed by atoms with Gasteiger partial charge in [0.25, 0.3) is 0 Å². The number of carboxylic acids is 1. The van der Waals surface area contributed by atoms with Crippen LogP contribution in [0.2, 0.25) is 0 Å². The first-order valence-electron chi connectivity index (χ1n) is 5.63. The summed E-state index contributed by atoms with van der Waals surface area (Å²) in [4.78, 5) is 10.5. The zero-order valence-corrected chi connectivity index (χ0v) is 9.11. The van der Waals surface area contributed by atoms with Crippen LogP contribution in [0.25, 0.3) is 0 Å². The highest BCUT2D eigenvalue weighted by Gasteiger charge is 2.20. The summed E-state index contributed by atoms with van der Waals surface area (Å²) < 4.78 is 5.65. The molecule has 0 radical (unpaired) electrons. The van der Waals surface area contributed by atoms with Gasteiger partial charge in [-0.2, -0.15) is 5.10 Å². The quantitative estimate of drug-likeness (QED) is 0.815. The molecule has 1 aliphatic heterocycles. The number of rotatable bonds is 4. The fourth-order valence-corrected chi connectivity index (χ4v) is 2.01. The Morgan fingerprint density at radius 1 is 1.62 bits per heavy atom. The molecule has 1 unspecified atom stereocenters. The minimum absolute atomic E-state index is 0.0695. The molecule has 2 rings (SSSR count). The lowest BCUT2D eigenvalue weighted by molar-refractivity contribution is -0.136. The van der Waals surface area contributed by atoms with Crippen molar-refractivity contribution in [2.75, 3.05) is 6.61 Å². The van der Waals surface area contributed by atoms with Crippen molar-refractivity contribution in [3.8, 4) is 0 Å². The summed E-state index contributed by atoms with van der Waals surface area (Å²) in [5, 5.41) is 15.6. The summed E-state index contributed by atoms with van der Waals surface area (Å²) in [6.45, 7) is 0.780. The van der Waals surface area contributed by atoms with Crippen molar-refractivity contribution in [3.05, 3.63) is 17.5 Å². The number of carboxylic acid groups (broad SMARTS) is 1. The molecule has 0 bridgehead atoms. The predicted molar refractivity (Wildman–Crippen MR) is 57.1 cm³/mol. The van der Waals surface area contributed by atoms with E-state index in [0.717, 1.165) is 37.1 Å². The molecule has 88 valence electrons. The largest absolute Gasteiger partial charge is 0.481 e. The van der Waals surface area contributed by atoms with Crippen LogP contribution >= 0.6 is 0 Å². The Hall–Kier alpha value is -1.36. The second-order valence-corrected chi connectivity index (χ2v) is 4.06. The molecule has 2 heterocycles. The van der Waals surface area contributed by atoms with Gasteiger partial charge in [0.1, 0.15) is 0 Å². The van der Waals surface area contributed by atoms with E-state index in [0.29, 0.717) is 6.42 Å².